The number of fused-ring (bicyclic) bond motifs is 1. The SMILES string of the molecule is CN1Cc2scc(C(C)(C)C)c2C1. The molecule has 2 heterocycles. The summed E-state index contributed by atoms with van der Waals surface area (Å²) >= 11 is 1.93. The minimum absolute atomic E-state index is 0.315. The molecule has 0 aliphatic carbocycles. The quantitative estimate of drug-likeness (QED) is 0.615. The highest BCUT2D eigenvalue weighted by molar-refractivity contribution is 7.10. The van der Waals surface area contributed by atoms with Gasteiger partial charge in [0.05, 0.1) is 0 Å². The second-order valence-electron chi connectivity index (χ2n) is 4.97. The van der Waals surface area contributed by atoms with E-state index in [1.807, 2.05) is 11.3 Å². The average Bonchev–Trinajstić information content (AvgIpc) is 2.41. The lowest BCUT2D eigenvalue weighted by atomic mass is 9.86. The van der Waals surface area contributed by atoms with E-state index in [0.29, 0.717) is 5.41 Å². The second-order valence-corrected chi connectivity index (χ2v) is 5.94. The van der Waals surface area contributed by atoms with Crippen LogP contribution in [0.1, 0.15) is 36.8 Å². The molecule has 0 bridgehead atoms. The van der Waals surface area contributed by atoms with Crippen LogP contribution < -0.4 is 0 Å². The van der Waals surface area contributed by atoms with Gasteiger partial charge in [0, 0.05) is 18.0 Å². The summed E-state index contributed by atoms with van der Waals surface area (Å²) in [4.78, 5) is 3.96. The van der Waals surface area contributed by atoms with Gasteiger partial charge < -0.3 is 0 Å². The predicted molar refractivity (Wildman–Crippen MR) is 58.2 cm³/mol. The molecular weight excluding hydrogens is 178 g/mol. The van der Waals surface area contributed by atoms with Gasteiger partial charge in [-0.05, 0) is 29.0 Å². The van der Waals surface area contributed by atoms with Gasteiger partial charge in [-0.2, -0.15) is 0 Å². The Kier molecular flexibility index (Phi) is 2.00. The number of thiophene rings is 1. The van der Waals surface area contributed by atoms with Crippen LogP contribution in [0.25, 0.3) is 0 Å². The molecule has 0 spiro atoms. The Morgan fingerprint density at radius 2 is 2.00 bits per heavy atom. The third-order valence-corrected chi connectivity index (χ3v) is 3.64. The van der Waals surface area contributed by atoms with E-state index in [9.17, 15) is 0 Å². The summed E-state index contributed by atoms with van der Waals surface area (Å²) < 4.78 is 0. The second kappa shape index (κ2) is 2.82. The van der Waals surface area contributed by atoms with Crippen LogP contribution in [-0.2, 0) is 18.5 Å². The third-order valence-electron chi connectivity index (χ3n) is 2.63. The highest BCUT2D eigenvalue weighted by Gasteiger charge is 2.26. The minimum atomic E-state index is 0.315. The van der Waals surface area contributed by atoms with Crippen LogP contribution in [0.5, 0.6) is 0 Å². The number of hydrogen-bond donors (Lipinski definition) is 0. The zero-order valence-corrected chi connectivity index (χ0v) is 9.66. The molecule has 0 atom stereocenters. The molecule has 0 N–H and O–H groups in total. The molecule has 0 saturated heterocycles. The molecule has 0 radical (unpaired) electrons. The summed E-state index contributed by atoms with van der Waals surface area (Å²) in [6, 6.07) is 0. The summed E-state index contributed by atoms with van der Waals surface area (Å²) in [5.74, 6) is 0. The van der Waals surface area contributed by atoms with Crippen molar-refractivity contribution in [1.29, 1.82) is 0 Å². The molecule has 1 aromatic rings. The van der Waals surface area contributed by atoms with Crippen molar-refractivity contribution in [2.75, 3.05) is 7.05 Å². The topological polar surface area (TPSA) is 3.24 Å². The van der Waals surface area contributed by atoms with Gasteiger partial charge in [-0.15, -0.1) is 11.3 Å². The maximum Gasteiger partial charge on any atom is 0.0331 e. The molecule has 1 aliphatic heterocycles. The maximum absolute atomic E-state index is 2.39. The van der Waals surface area contributed by atoms with E-state index in [1.54, 1.807) is 16.0 Å². The van der Waals surface area contributed by atoms with Crippen molar-refractivity contribution in [2.45, 2.75) is 39.3 Å². The van der Waals surface area contributed by atoms with E-state index in [-0.39, 0.29) is 0 Å². The fourth-order valence-electron chi connectivity index (χ4n) is 1.93. The summed E-state index contributed by atoms with van der Waals surface area (Å²) in [6.07, 6.45) is 0. The van der Waals surface area contributed by atoms with Crippen molar-refractivity contribution in [2.24, 2.45) is 0 Å². The first-order chi connectivity index (χ1) is 5.98. The summed E-state index contributed by atoms with van der Waals surface area (Å²) in [7, 11) is 2.19. The molecule has 0 aromatic carbocycles. The lowest BCUT2D eigenvalue weighted by Gasteiger charge is -2.19. The molecule has 0 unspecified atom stereocenters. The fourth-order valence-corrected chi connectivity index (χ4v) is 3.30. The van der Waals surface area contributed by atoms with Crippen molar-refractivity contribution in [3.8, 4) is 0 Å². The van der Waals surface area contributed by atoms with E-state index >= 15 is 0 Å². The first-order valence-corrected chi connectivity index (χ1v) is 5.64. The van der Waals surface area contributed by atoms with E-state index in [2.05, 4.69) is 38.1 Å². The lowest BCUT2D eigenvalue weighted by Crippen LogP contribution is -2.14. The van der Waals surface area contributed by atoms with Crippen molar-refractivity contribution in [3.05, 3.63) is 21.4 Å². The zero-order valence-electron chi connectivity index (χ0n) is 8.85. The van der Waals surface area contributed by atoms with Crippen LogP contribution in [0.4, 0.5) is 0 Å². The van der Waals surface area contributed by atoms with Crippen molar-refractivity contribution < 1.29 is 0 Å². The lowest BCUT2D eigenvalue weighted by molar-refractivity contribution is 0.352. The standard InChI is InChI=1S/C11H17NS/c1-11(2,3)9-7-13-10-6-12(4)5-8(9)10/h7H,5-6H2,1-4H3. The molecule has 1 aliphatic rings. The number of nitrogens with zero attached hydrogens (tertiary/aromatic N) is 1. The van der Waals surface area contributed by atoms with Crippen molar-refractivity contribution in [3.63, 3.8) is 0 Å². The molecule has 72 valence electrons. The molecule has 2 rings (SSSR count). The van der Waals surface area contributed by atoms with Crippen LogP contribution in [0, 0.1) is 0 Å². The molecule has 0 fully saturated rings. The first kappa shape index (κ1) is 9.22. The summed E-state index contributed by atoms with van der Waals surface area (Å²) in [5.41, 5.74) is 3.46. The maximum atomic E-state index is 2.39. The Morgan fingerprint density at radius 3 is 2.62 bits per heavy atom. The molecule has 0 amide bonds. The Balaban J connectivity index is 2.42. The molecule has 1 nitrogen and oxygen atoms in total. The minimum Gasteiger partial charge on any atom is -0.297 e. The van der Waals surface area contributed by atoms with Gasteiger partial charge >= 0.3 is 0 Å². The Bertz CT molecular complexity index is 319. The predicted octanol–water partition coefficient (Wildman–Crippen LogP) is 2.99. The summed E-state index contributed by atoms with van der Waals surface area (Å²) in [5, 5.41) is 2.34. The third kappa shape index (κ3) is 1.53. The van der Waals surface area contributed by atoms with Crippen LogP contribution in [0.15, 0.2) is 5.38 Å². The van der Waals surface area contributed by atoms with Gasteiger partial charge in [0.1, 0.15) is 0 Å². The Morgan fingerprint density at radius 1 is 1.31 bits per heavy atom. The monoisotopic (exact) mass is 195 g/mol. The van der Waals surface area contributed by atoms with Crippen LogP contribution in [0.3, 0.4) is 0 Å². The normalized spacial score (nSPS) is 17.8. The highest BCUT2D eigenvalue weighted by Crippen LogP contribution is 2.37. The Labute approximate surface area is 84.4 Å². The van der Waals surface area contributed by atoms with Gasteiger partial charge in [-0.25, -0.2) is 0 Å². The van der Waals surface area contributed by atoms with E-state index in [0.717, 1.165) is 13.1 Å². The van der Waals surface area contributed by atoms with E-state index in [4.69, 9.17) is 0 Å². The van der Waals surface area contributed by atoms with Gasteiger partial charge in [-0.3, -0.25) is 4.90 Å². The molecule has 1 aromatic heterocycles. The van der Waals surface area contributed by atoms with Crippen LogP contribution in [0.2, 0.25) is 0 Å². The van der Waals surface area contributed by atoms with Gasteiger partial charge in [0.15, 0.2) is 0 Å². The van der Waals surface area contributed by atoms with Crippen molar-refractivity contribution in [1.82, 2.24) is 4.90 Å². The molecule has 13 heavy (non-hydrogen) atoms. The fraction of sp³-hybridized carbons (Fsp3) is 0.636. The first-order valence-electron chi connectivity index (χ1n) is 4.77. The zero-order chi connectivity index (χ0) is 9.64. The number of rotatable bonds is 0. The molecule has 0 saturated carbocycles. The van der Waals surface area contributed by atoms with E-state index < -0.39 is 0 Å². The molecular formula is C11H17NS. The smallest absolute Gasteiger partial charge is 0.0331 e. The van der Waals surface area contributed by atoms with Crippen LogP contribution in [-0.4, -0.2) is 11.9 Å². The van der Waals surface area contributed by atoms with Crippen LogP contribution >= 0.6 is 11.3 Å². The van der Waals surface area contributed by atoms with Gasteiger partial charge in [-0.1, -0.05) is 20.8 Å². The van der Waals surface area contributed by atoms with Gasteiger partial charge in [0.2, 0.25) is 0 Å². The average molecular weight is 195 g/mol. The molecule has 2 heteroatoms. The van der Waals surface area contributed by atoms with Crippen molar-refractivity contribution >= 4 is 11.3 Å². The largest absolute Gasteiger partial charge is 0.297 e. The summed E-state index contributed by atoms with van der Waals surface area (Å²) in [6.45, 7) is 9.19. The number of hydrogen-bond acceptors (Lipinski definition) is 2. The van der Waals surface area contributed by atoms with Gasteiger partial charge in [0.25, 0.3) is 0 Å². The van der Waals surface area contributed by atoms with E-state index in [1.165, 1.54) is 0 Å². The highest BCUT2D eigenvalue weighted by atomic mass is 32.1. The Hall–Kier alpha value is -0.340.